The summed E-state index contributed by atoms with van der Waals surface area (Å²) in [5.74, 6) is -0.952. The van der Waals surface area contributed by atoms with Crippen molar-refractivity contribution in [3.8, 4) is 0 Å². The molecule has 1 aromatic heterocycles. The second-order valence-corrected chi connectivity index (χ2v) is 7.00. The van der Waals surface area contributed by atoms with Crippen molar-refractivity contribution in [2.24, 2.45) is 5.92 Å². The van der Waals surface area contributed by atoms with E-state index in [1.54, 1.807) is 53.7 Å². The number of pyridine rings is 1. The van der Waals surface area contributed by atoms with Crippen LogP contribution in [0.2, 0.25) is 0 Å². The molecule has 1 aliphatic heterocycles. The van der Waals surface area contributed by atoms with Crippen molar-refractivity contribution in [3.05, 3.63) is 84.7 Å². The monoisotopic (exact) mass is 400 g/mol. The van der Waals surface area contributed by atoms with Crippen molar-refractivity contribution in [1.29, 1.82) is 0 Å². The fourth-order valence-corrected chi connectivity index (χ4v) is 3.33. The number of hydrogen-bond donors (Lipinski definition) is 2. The first-order chi connectivity index (χ1) is 14.6. The third kappa shape index (κ3) is 4.35. The second-order valence-electron chi connectivity index (χ2n) is 7.00. The third-order valence-corrected chi connectivity index (χ3v) is 4.92. The molecule has 30 heavy (non-hydrogen) atoms. The topological polar surface area (TPSA) is 91.4 Å². The first-order valence-electron chi connectivity index (χ1n) is 9.58. The molecule has 1 saturated heterocycles. The van der Waals surface area contributed by atoms with E-state index in [1.807, 2.05) is 30.3 Å². The van der Waals surface area contributed by atoms with E-state index in [0.717, 1.165) is 5.69 Å². The SMILES string of the molecule is O=C(Nc1ccncc1)c1ccc(NC(=O)C2CC(=O)N(c3ccccc3)C2)cc1. The molecule has 2 heterocycles. The van der Waals surface area contributed by atoms with E-state index in [0.29, 0.717) is 23.5 Å². The summed E-state index contributed by atoms with van der Waals surface area (Å²) >= 11 is 0. The average molecular weight is 400 g/mol. The van der Waals surface area contributed by atoms with Crippen LogP contribution in [0.25, 0.3) is 0 Å². The molecule has 1 fully saturated rings. The second kappa shape index (κ2) is 8.57. The molecule has 2 N–H and O–H groups in total. The summed E-state index contributed by atoms with van der Waals surface area (Å²) in [5, 5.41) is 5.61. The predicted octanol–water partition coefficient (Wildman–Crippen LogP) is 3.33. The Morgan fingerprint density at radius 1 is 0.867 bits per heavy atom. The van der Waals surface area contributed by atoms with Gasteiger partial charge in [-0.15, -0.1) is 0 Å². The van der Waals surface area contributed by atoms with Gasteiger partial charge in [0.05, 0.1) is 5.92 Å². The molecule has 3 amide bonds. The van der Waals surface area contributed by atoms with Gasteiger partial charge in [0.25, 0.3) is 5.91 Å². The molecule has 0 aliphatic carbocycles. The normalized spacial score (nSPS) is 15.7. The van der Waals surface area contributed by atoms with E-state index in [-0.39, 0.29) is 24.1 Å². The standard InChI is InChI=1S/C23H20N4O3/c28-21-14-17(15-27(21)20-4-2-1-3-5-20)23(30)25-18-8-6-16(7-9-18)22(29)26-19-10-12-24-13-11-19/h1-13,17H,14-15H2,(H,25,30)(H,24,26,29). The Hall–Kier alpha value is -4.00. The third-order valence-electron chi connectivity index (χ3n) is 4.92. The van der Waals surface area contributed by atoms with Gasteiger partial charge >= 0.3 is 0 Å². The molecule has 3 aromatic rings. The molecule has 4 rings (SSSR count). The van der Waals surface area contributed by atoms with Crippen LogP contribution in [0.1, 0.15) is 16.8 Å². The highest BCUT2D eigenvalue weighted by molar-refractivity contribution is 6.05. The number of amides is 3. The molecule has 0 radical (unpaired) electrons. The number of benzene rings is 2. The Balaban J connectivity index is 1.36. The van der Waals surface area contributed by atoms with Crippen molar-refractivity contribution in [3.63, 3.8) is 0 Å². The van der Waals surface area contributed by atoms with E-state index in [4.69, 9.17) is 0 Å². The van der Waals surface area contributed by atoms with Crippen molar-refractivity contribution < 1.29 is 14.4 Å². The van der Waals surface area contributed by atoms with Gasteiger partial charge in [-0.05, 0) is 48.5 Å². The fraction of sp³-hybridized carbons (Fsp3) is 0.130. The minimum Gasteiger partial charge on any atom is -0.326 e. The maximum absolute atomic E-state index is 12.6. The van der Waals surface area contributed by atoms with Crippen molar-refractivity contribution in [2.45, 2.75) is 6.42 Å². The van der Waals surface area contributed by atoms with Crippen LogP contribution in [-0.4, -0.2) is 29.3 Å². The number of carbonyl (C=O) groups is 3. The number of carbonyl (C=O) groups excluding carboxylic acids is 3. The molecule has 0 spiro atoms. The lowest BCUT2D eigenvalue weighted by Crippen LogP contribution is -2.28. The minimum atomic E-state index is -0.424. The van der Waals surface area contributed by atoms with Gasteiger partial charge in [0.15, 0.2) is 0 Å². The highest BCUT2D eigenvalue weighted by Crippen LogP contribution is 2.26. The average Bonchev–Trinajstić information content (AvgIpc) is 3.17. The van der Waals surface area contributed by atoms with Crippen LogP contribution in [0.15, 0.2) is 79.1 Å². The van der Waals surface area contributed by atoms with Gasteiger partial charge in [0.2, 0.25) is 11.8 Å². The zero-order chi connectivity index (χ0) is 20.9. The van der Waals surface area contributed by atoms with Gasteiger partial charge in [-0.2, -0.15) is 0 Å². The maximum atomic E-state index is 12.6. The summed E-state index contributed by atoms with van der Waals surface area (Å²) in [6.07, 6.45) is 3.37. The largest absolute Gasteiger partial charge is 0.326 e. The van der Waals surface area contributed by atoms with E-state index in [9.17, 15) is 14.4 Å². The molecule has 7 heteroatoms. The number of aromatic nitrogens is 1. The van der Waals surface area contributed by atoms with E-state index in [2.05, 4.69) is 15.6 Å². The van der Waals surface area contributed by atoms with E-state index in [1.165, 1.54) is 0 Å². The zero-order valence-corrected chi connectivity index (χ0v) is 16.1. The lowest BCUT2D eigenvalue weighted by Gasteiger charge is -2.16. The molecule has 0 saturated carbocycles. The first kappa shape index (κ1) is 19.3. The molecule has 7 nitrogen and oxygen atoms in total. The van der Waals surface area contributed by atoms with Crippen LogP contribution in [0.4, 0.5) is 17.1 Å². The summed E-state index contributed by atoms with van der Waals surface area (Å²) in [4.78, 5) is 42.8. The zero-order valence-electron chi connectivity index (χ0n) is 16.1. The van der Waals surface area contributed by atoms with Gasteiger partial charge in [-0.25, -0.2) is 0 Å². The minimum absolute atomic E-state index is 0.0653. The Bertz CT molecular complexity index is 1050. The number of nitrogens with zero attached hydrogens (tertiary/aromatic N) is 2. The highest BCUT2D eigenvalue weighted by atomic mass is 16.2. The van der Waals surface area contributed by atoms with Gasteiger partial charge in [-0.1, -0.05) is 18.2 Å². The molecular weight excluding hydrogens is 380 g/mol. The summed E-state index contributed by atoms with van der Waals surface area (Å²) < 4.78 is 0. The van der Waals surface area contributed by atoms with Crippen molar-refractivity contribution >= 4 is 34.8 Å². The number of rotatable bonds is 5. The first-order valence-corrected chi connectivity index (χ1v) is 9.58. The van der Waals surface area contributed by atoms with E-state index < -0.39 is 5.92 Å². The Labute approximate surface area is 173 Å². The molecule has 0 bridgehead atoms. The Kier molecular flexibility index (Phi) is 5.52. The Morgan fingerprint density at radius 3 is 2.23 bits per heavy atom. The molecular formula is C23H20N4O3. The molecule has 2 aromatic carbocycles. The maximum Gasteiger partial charge on any atom is 0.255 e. The van der Waals surface area contributed by atoms with Gasteiger partial charge in [0.1, 0.15) is 0 Å². The lowest BCUT2D eigenvalue weighted by molar-refractivity contribution is -0.122. The van der Waals surface area contributed by atoms with Crippen molar-refractivity contribution in [2.75, 3.05) is 22.1 Å². The number of anilines is 3. The van der Waals surface area contributed by atoms with Gasteiger partial charge in [0, 0.05) is 48.0 Å². The number of hydrogen-bond acceptors (Lipinski definition) is 4. The summed E-state index contributed by atoms with van der Waals surface area (Å²) in [6, 6.07) is 19.4. The molecule has 1 aliphatic rings. The molecule has 1 unspecified atom stereocenters. The van der Waals surface area contributed by atoms with Crippen LogP contribution in [0, 0.1) is 5.92 Å². The predicted molar refractivity (Wildman–Crippen MR) is 114 cm³/mol. The van der Waals surface area contributed by atoms with Crippen LogP contribution in [0.5, 0.6) is 0 Å². The smallest absolute Gasteiger partial charge is 0.255 e. The number of para-hydroxylation sites is 1. The summed E-state index contributed by atoms with van der Waals surface area (Å²) in [5.41, 5.74) is 2.49. The highest BCUT2D eigenvalue weighted by Gasteiger charge is 2.35. The van der Waals surface area contributed by atoms with Crippen LogP contribution >= 0.6 is 0 Å². The molecule has 1 atom stereocenters. The van der Waals surface area contributed by atoms with Crippen molar-refractivity contribution in [1.82, 2.24) is 4.98 Å². The van der Waals surface area contributed by atoms with Gasteiger partial charge < -0.3 is 15.5 Å². The van der Waals surface area contributed by atoms with Crippen LogP contribution in [-0.2, 0) is 9.59 Å². The molecule has 150 valence electrons. The van der Waals surface area contributed by atoms with Crippen LogP contribution < -0.4 is 15.5 Å². The van der Waals surface area contributed by atoms with Crippen LogP contribution in [0.3, 0.4) is 0 Å². The van der Waals surface area contributed by atoms with Gasteiger partial charge in [-0.3, -0.25) is 19.4 Å². The fourth-order valence-electron chi connectivity index (χ4n) is 3.33. The lowest BCUT2D eigenvalue weighted by atomic mass is 10.1. The summed E-state index contributed by atoms with van der Waals surface area (Å²) in [7, 11) is 0. The van der Waals surface area contributed by atoms with E-state index >= 15 is 0 Å². The quantitative estimate of drug-likeness (QED) is 0.687. The number of nitrogens with one attached hydrogen (secondary N) is 2. The Morgan fingerprint density at radius 2 is 1.53 bits per heavy atom. The summed E-state index contributed by atoms with van der Waals surface area (Å²) in [6.45, 7) is 0.348.